The molecular weight excluding hydrogens is 308 g/mol. The standard InChI is InChI=1S/C19H18O5/c1-12(2)14-10-16(21)18(23)15(11-20)19(14)24-17(22)9-8-13-6-4-3-5-7-13/h3-7,10-11,21,23H,1,8-9H2,2H3. The highest BCUT2D eigenvalue weighted by Crippen LogP contribution is 2.40. The number of hydrogen-bond donors (Lipinski definition) is 2. The molecule has 0 amide bonds. The molecule has 5 heteroatoms. The molecule has 0 saturated carbocycles. The van der Waals surface area contributed by atoms with Gasteiger partial charge >= 0.3 is 5.97 Å². The smallest absolute Gasteiger partial charge is 0.311 e. The maximum Gasteiger partial charge on any atom is 0.311 e. The first-order chi connectivity index (χ1) is 11.4. The highest BCUT2D eigenvalue weighted by atomic mass is 16.5. The summed E-state index contributed by atoms with van der Waals surface area (Å²) in [6.45, 7) is 5.37. The minimum absolute atomic E-state index is 0.0918. The van der Waals surface area contributed by atoms with Crippen molar-refractivity contribution in [1.82, 2.24) is 0 Å². The van der Waals surface area contributed by atoms with Crippen LogP contribution < -0.4 is 4.74 Å². The largest absolute Gasteiger partial charge is 0.504 e. The fourth-order valence-electron chi connectivity index (χ4n) is 2.25. The number of aldehydes is 1. The Bertz CT molecular complexity index is 778. The molecule has 0 radical (unpaired) electrons. The Morgan fingerprint density at radius 1 is 1.25 bits per heavy atom. The number of esters is 1. The molecule has 0 fully saturated rings. The lowest BCUT2D eigenvalue weighted by molar-refractivity contribution is -0.134. The van der Waals surface area contributed by atoms with Gasteiger partial charge in [-0.3, -0.25) is 9.59 Å². The van der Waals surface area contributed by atoms with Gasteiger partial charge in [0.25, 0.3) is 0 Å². The molecule has 0 aliphatic rings. The molecule has 0 saturated heterocycles. The Balaban J connectivity index is 2.24. The summed E-state index contributed by atoms with van der Waals surface area (Å²) < 4.78 is 5.28. The van der Waals surface area contributed by atoms with Crippen molar-refractivity contribution < 1.29 is 24.5 Å². The van der Waals surface area contributed by atoms with Crippen LogP contribution in [0.1, 0.15) is 34.8 Å². The van der Waals surface area contributed by atoms with Crippen molar-refractivity contribution in [1.29, 1.82) is 0 Å². The fourth-order valence-corrected chi connectivity index (χ4v) is 2.25. The average Bonchev–Trinajstić information content (AvgIpc) is 2.57. The van der Waals surface area contributed by atoms with Crippen molar-refractivity contribution in [2.24, 2.45) is 0 Å². The highest BCUT2D eigenvalue weighted by Gasteiger charge is 2.21. The number of phenolic OH excluding ortho intramolecular Hbond substituents is 2. The molecule has 0 atom stereocenters. The maximum absolute atomic E-state index is 12.1. The van der Waals surface area contributed by atoms with E-state index in [-0.39, 0.29) is 17.7 Å². The number of ether oxygens (including phenoxy) is 1. The Hall–Kier alpha value is -3.08. The molecule has 0 bridgehead atoms. The monoisotopic (exact) mass is 326 g/mol. The van der Waals surface area contributed by atoms with Gasteiger partial charge in [-0.05, 0) is 30.5 Å². The Morgan fingerprint density at radius 3 is 2.50 bits per heavy atom. The minimum atomic E-state index is -0.624. The van der Waals surface area contributed by atoms with E-state index in [4.69, 9.17) is 4.74 Å². The van der Waals surface area contributed by atoms with E-state index in [1.165, 1.54) is 6.07 Å². The van der Waals surface area contributed by atoms with Gasteiger partial charge in [0.2, 0.25) is 0 Å². The van der Waals surface area contributed by atoms with Crippen LogP contribution in [-0.4, -0.2) is 22.5 Å². The first kappa shape index (κ1) is 17.3. The summed E-state index contributed by atoms with van der Waals surface area (Å²) in [6, 6.07) is 10.7. The summed E-state index contributed by atoms with van der Waals surface area (Å²) in [5.74, 6) is -1.74. The third-order valence-corrected chi connectivity index (χ3v) is 3.52. The normalized spacial score (nSPS) is 10.2. The van der Waals surface area contributed by atoms with Gasteiger partial charge < -0.3 is 14.9 Å². The Kier molecular flexibility index (Phi) is 5.37. The molecule has 0 unspecified atom stereocenters. The van der Waals surface area contributed by atoms with E-state index in [9.17, 15) is 19.8 Å². The Morgan fingerprint density at radius 2 is 1.92 bits per heavy atom. The summed E-state index contributed by atoms with van der Waals surface area (Å²) in [6.07, 6.45) is 0.934. The molecule has 0 aliphatic heterocycles. The second-order valence-electron chi connectivity index (χ2n) is 5.39. The number of carbonyl (C=O) groups is 2. The third kappa shape index (κ3) is 3.81. The summed E-state index contributed by atoms with van der Waals surface area (Å²) in [5.41, 5.74) is 1.49. The van der Waals surface area contributed by atoms with E-state index < -0.39 is 17.5 Å². The van der Waals surface area contributed by atoms with E-state index in [0.717, 1.165) is 5.56 Å². The Labute approximate surface area is 139 Å². The first-order valence-electron chi connectivity index (χ1n) is 7.38. The van der Waals surface area contributed by atoms with Gasteiger partial charge in [0.1, 0.15) is 5.56 Å². The molecule has 0 aliphatic carbocycles. The molecule has 124 valence electrons. The predicted octanol–water partition coefficient (Wildman–Crippen LogP) is 3.48. The van der Waals surface area contributed by atoms with Crippen LogP contribution in [0, 0.1) is 0 Å². The molecule has 0 heterocycles. The second kappa shape index (κ2) is 7.46. The van der Waals surface area contributed by atoms with Crippen LogP contribution in [-0.2, 0) is 11.2 Å². The minimum Gasteiger partial charge on any atom is -0.504 e. The van der Waals surface area contributed by atoms with Crippen molar-refractivity contribution in [3.63, 3.8) is 0 Å². The van der Waals surface area contributed by atoms with Crippen molar-refractivity contribution in [2.75, 3.05) is 0 Å². The van der Waals surface area contributed by atoms with Crippen molar-refractivity contribution >= 4 is 17.8 Å². The lowest BCUT2D eigenvalue weighted by atomic mass is 10.0. The van der Waals surface area contributed by atoms with Gasteiger partial charge in [0.05, 0.1) is 0 Å². The van der Waals surface area contributed by atoms with Crippen LogP contribution in [0.15, 0.2) is 43.0 Å². The predicted molar refractivity (Wildman–Crippen MR) is 90.3 cm³/mol. The number of carbonyl (C=O) groups excluding carboxylic acids is 2. The molecule has 2 N–H and O–H groups in total. The number of phenols is 2. The molecular formula is C19H18O5. The first-order valence-corrected chi connectivity index (χ1v) is 7.38. The van der Waals surface area contributed by atoms with Crippen molar-refractivity contribution in [3.05, 3.63) is 59.7 Å². The van der Waals surface area contributed by atoms with Crippen molar-refractivity contribution in [2.45, 2.75) is 19.8 Å². The van der Waals surface area contributed by atoms with E-state index in [2.05, 4.69) is 6.58 Å². The number of allylic oxidation sites excluding steroid dienone is 1. The van der Waals surface area contributed by atoms with Gasteiger partial charge in [-0.25, -0.2) is 0 Å². The van der Waals surface area contributed by atoms with E-state index in [0.29, 0.717) is 23.8 Å². The van der Waals surface area contributed by atoms with Gasteiger partial charge in [-0.15, -0.1) is 0 Å². The van der Waals surface area contributed by atoms with Crippen LogP contribution in [0.3, 0.4) is 0 Å². The van der Waals surface area contributed by atoms with Crippen LogP contribution >= 0.6 is 0 Å². The molecule has 2 aromatic rings. The van der Waals surface area contributed by atoms with E-state index in [1.54, 1.807) is 6.92 Å². The third-order valence-electron chi connectivity index (χ3n) is 3.52. The highest BCUT2D eigenvalue weighted by molar-refractivity contribution is 5.91. The van der Waals surface area contributed by atoms with Gasteiger partial charge in [-0.1, -0.05) is 36.9 Å². The molecule has 0 aromatic heterocycles. The van der Waals surface area contributed by atoms with Crippen LogP contribution in [0.5, 0.6) is 17.2 Å². The number of aryl methyl sites for hydroxylation is 1. The molecule has 0 spiro atoms. The van der Waals surface area contributed by atoms with E-state index >= 15 is 0 Å². The zero-order valence-electron chi connectivity index (χ0n) is 13.3. The van der Waals surface area contributed by atoms with Crippen LogP contribution in [0.25, 0.3) is 5.57 Å². The lowest BCUT2D eigenvalue weighted by Crippen LogP contribution is -2.12. The zero-order chi connectivity index (χ0) is 17.7. The molecule has 24 heavy (non-hydrogen) atoms. The summed E-state index contributed by atoms with van der Waals surface area (Å²) >= 11 is 0. The average molecular weight is 326 g/mol. The van der Waals surface area contributed by atoms with Gasteiger partial charge in [0, 0.05) is 12.0 Å². The van der Waals surface area contributed by atoms with Gasteiger partial charge in [-0.2, -0.15) is 0 Å². The maximum atomic E-state index is 12.1. The van der Waals surface area contributed by atoms with Crippen LogP contribution in [0.2, 0.25) is 0 Å². The number of hydrogen-bond acceptors (Lipinski definition) is 5. The van der Waals surface area contributed by atoms with Crippen LogP contribution in [0.4, 0.5) is 0 Å². The molecule has 5 nitrogen and oxygen atoms in total. The molecule has 2 aromatic carbocycles. The summed E-state index contributed by atoms with van der Waals surface area (Å²) in [7, 11) is 0. The number of aromatic hydroxyl groups is 2. The second-order valence-corrected chi connectivity index (χ2v) is 5.39. The summed E-state index contributed by atoms with van der Waals surface area (Å²) in [5, 5.41) is 19.5. The van der Waals surface area contributed by atoms with Gasteiger partial charge in [0.15, 0.2) is 23.5 Å². The summed E-state index contributed by atoms with van der Waals surface area (Å²) in [4.78, 5) is 23.4. The zero-order valence-corrected chi connectivity index (χ0v) is 13.3. The lowest BCUT2D eigenvalue weighted by Gasteiger charge is -2.14. The van der Waals surface area contributed by atoms with E-state index in [1.807, 2.05) is 30.3 Å². The van der Waals surface area contributed by atoms with Crippen molar-refractivity contribution in [3.8, 4) is 17.2 Å². The quantitative estimate of drug-likeness (QED) is 0.367. The fraction of sp³-hybridized carbons (Fsp3) is 0.158. The topological polar surface area (TPSA) is 83.8 Å². The number of benzene rings is 2. The SMILES string of the molecule is C=C(C)c1cc(O)c(O)c(C=O)c1OC(=O)CCc1ccccc1. The number of rotatable bonds is 6. The molecule has 2 rings (SSSR count).